The lowest BCUT2D eigenvalue weighted by atomic mass is 10.0. The maximum atomic E-state index is 12.8. The predicted octanol–water partition coefficient (Wildman–Crippen LogP) is 1.85. The quantitative estimate of drug-likeness (QED) is 0.808. The molecule has 4 nitrogen and oxygen atoms in total. The van der Waals surface area contributed by atoms with Crippen LogP contribution < -0.4 is 0 Å². The van der Waals surface area contributed by atoms with Crippen LogP contribution in [0, 0.1) is 0 Å². The van der Waals surface area contributed by atoms with Crippen molar-refractivity contribution in [1.82, 2.24) is 4.90 Å². The summed E-state index contributed by atoms with van der Waals surface area (Å²) in [5.41, 5.74) is 0.665. The normalized spacial score (nSPS) is 26.4. The van der Waals surface area contributed by atoms with Crippen molar-refractivity contribution in [3.63, 3.8) is 0 Å². The molecule has 108 valence electrons. The average Bonchev–Trinajstić information content (AvgIpc) is 3.01. The van der Waals surface area contributed by atoms with Gasteiger partial charge in [-0.3, -0.25) is 4.79 Å². The highest BCUT2D eigenvalue weighted by molar-refractivity contribution is 7.92. The minimum Gasteiger partial charge on any atom is -0.333 e. The third kappa shape index (κ3) is 1.87. The van der Waals surface area contributed by atoms with Gasteiger partial charge in [0.15, 0.2) is 9.84 Å². The molecule has 0 radical (unpaired) electrons. The van der Waals surface area contributed by atoms with Crippen molar-refractivity contribution in [2.24, 2.45) is 0 Å². The molecule has 2 heterocycles. The Balaban J connectivity index is 1.73. The number of carbonyl (C=O) groups excluding carboxylic acids is 1. The molecular weight excluding hydrogens is 286 g/mol. The van der Waals surface area contributed by atoms with Crippen molar-refractivity contribution in [2.45, 2.75) is 17.7 Å². The van der Waals surface area contributed by atoms with Gasteiger partial charge in [-0.25, -0.2) is 8.42 Å². The number of fused-ring (bicyclic) bond motifs is 3. The number of hydrogen-bond acceptors (Lipinski definition) is 3. The van der Waals surface area contributed by atoms with Gasteiger partial charge in [-0.1, -0.05) is 36.4 Å². The topological polar surface area (TPSA) is 54.5 Å². The van der Waals surface area contributed by atoms with Crippen molar-refractivity contribution < 1.29 is 13.2 Å². The SMILES string of the molecule is O=C(c1cccc2ccccc12)N1C[C@H]2C[C@H]1CS2(=O)=O. The maximum Gasteiger partial charge on any atom is 0.254 e. The zero-order valence-corrected chi connectivity index (χ0v) is 12.2. The lowest BCUT2D eigenvalue weighted by molar-refractivity contribution is 0.0748. The molecule has 0 unspecified atom stereocenters. The van der Waals surface area contributed by atoms with Gasteiger partial charge in [0.2, 0.25) is 0 Å². The Bertz CT molecular complexity index is 838. The number of hydrogen-bond donors (Lipinski definition) is 0. The van der Waals surface area contributed by atoms with Gasteiger partial charge in [-0.15, -0.1) is 0 Å². The van der Waals surface area contributed by atoms with E-state index in [4.69, 9.17) is 0 Å². The van der Waals surface area contributed by atoms with Crippen molar-refractivity contribution in [1.29, 1.82) is 0 Å². The minimum absolute atomic E-state index is 0.0470. The Labute approximate surface area is 123 Å². The Morgan fingerprint density at radius 3 is 2.57 bits per heavy atom. The third-order valence-corrected chi connectivity index (χ3v) is 6.80. The fourth-order valence-electron chi connectivity index (χ4n) is 3.51. The van der Waals surface area contributed by atoms with E-state index in [1.807, 2.05) is 42.5 Å². The second kappa shape index (κ2) is 4.31. The zero-order chi connectivity index (χ0) is 14.6. The highest BCUT2D eigenvalue weighted by Gasteiger charge is 2.50. The molecular formula is C16H15NO3S. The van der Waals surface area contributed by atoms with E-state index in [0.717, 1.165) is 10.8 Å². The van der Waals surface area contributed by atoms with Crippen molar-refractivity contribution >= 4 is 26.5 Å². The fraction of sp³-hybridized carbons (Fsp3) is 0.312. The molecule has 0 saturated carbocycles. The van der Waals surface area contributed by atoms with Crippen molar-refractivity contribution in [3.8, 4) is 0 Å². The Morgan fingerprint density at radius 1 is 1.10 bits per heavy atom. The van der Waals surface area contributed by atoms with Crippen LogP contribution in [0.15, 0.2) is 42.5 Å². The number of rotatable bonds is 1. The number of carbonyl (C=O) groups is 1. The molecule has 2 atom stereocenters. The molecule has 2 saturated heterocycles. The summed E-state index contributed by atoms with van der Waals surface area (Å²) in [7, 11) is -2.97. The molecule has 2 aromatic rings. The van der Waals surface area contributed by atoms with Crippen LogP contribution in [0.2, 0.25) is 0 Å². The predicted molar refractivity (Wildman–Crippen MR) is 81.0 cm³/mol. The van der Waals surface area contributed by atoms with Crippen LogP contribution in [0.1, 0.15) is 16.8 Å². The second-order valence-electron chi connectivity index (χ2n) is 5.83. The van der Waals surface area contributed by atoms with E-state index in [-0.39, 0.29) is 23.0 Å². The van der Waals surface area contributed by atoms with Gasteiger partial charge in [0.1, 0.15) is 0 Å². The monoisotopic (exact) mass is 301 g/mol. The minimum atomic E-state index is -2.97. The fourth-order valence-corrected chi connectivity index (χ4v) is 5.54. The molecule has 0 aliphatic carbocycles. The Hall–Kier alpha value is -1.88. The summed E-state index contributed by atoms with van der Waals surface area (Å²) in [5.74, 6) is 0.0722. The first-order valence-electron chi connectivity index (χ1n) is 7.06. The molecule has 2 bridgehead atoms. The summed E-state index contributed by atoms with van der Waals surface area (Å²) in [6.07, 6.45) is 0.596. The van der Waals surface area contributed by atoms with E-state index < -0.39 is 9.84 Å². The average molecular weight is 301 g/mol. The first-order chi connectivity index (χ1) is 10.1. The third-order valence-electron chi connectivity index (χ3n) is 4.59. The van der Waals surface area contributed by atoms with Gasteiger partial charge in [-0.2, -0.15) is 0 Å². The van der Waals surface area contributed by atoms with E-state index in [1.54, 1.807) is 4.90 Å². The maximum absolute atomic E-state index is 12.8. The van der Waals surface area contributed by atoms with Crippen LogP contribution in [0.5, 0.6) is 0 Å². The van der Waals surface area contributed by atoms with Gasteiger partial charge >= 0.3 is 0 Å². The molecule has 0 spiro atoms. The summed E-state index contributed by atoms with van der Waals surface area (Å²) in [6, 6.07) is 13.3. The summed E-state index contributed by atoms with van der Waals surface area (Å²) in [5, 5.41) is 1.59. The molecule has 2 aliphatic rings. The summed E-state index contributed by atoms with van der Waals surface area (Å²) >= 11 is 0. The second-order valence-corrected chi connectivity index (χ2v) is 8.15. The first-order valence-corrected chi connectivity index (χ1v) is 8.78. The van der Waals surface area contributed by atoms with E-state index in [0.29, 0.717) is 18.5 Å². The van der Waals surface area contributed by atoms with E-state index >= 15 is 0 Å². The molecule has 21 heavy (non-hydrogen) atoms. The van der Waals surface area contributed by atoms with Crippen molar-refractivity contribution in [2.75, 3.05) is 12.3 Å². The summed E-state index contributed by atoms with van der Waals surface area (Å²) in [4.78, 5) is 14.5. The van der Waals surface area contributed by atoms with Crippen LogP contribution in [-0.4, -0.2) is 42.8 Å². The van der Waals surface area contributed by atoms with Gasteiger partial charge in [0.25, 0.3) is 5.91 Å². The Kier molecular flexibility index (Phi) is 2.63. The van der Waals surface area contributed by atoms with Crippen LogP contribution in [0.4, 0.5) is 0 Å². The molecule has 0 N–H and O–H groups in total. The number of likely N-dealkylation sites (tertiary alicyclic amines) is 1. The van der Waals surface area contributed by atoms with Gasteiger partial charge in [0.05, 0.1) is 11.0 Å². The van der Waals surface area contributed by atoms with E-state index in [1.165, 1.54) is 0 Å². The molecule has 2 aliphatic heterocycles. The van der Waals surface area contributed by atoms with Crippen molar-refractivity contribution in [3.05, 3.63) is 48.0 Å². The molecule has 2 aromatic carbocycles. The molecule has 5 heteroatoms. The summed E-state index contributed by atoms with van der Waals surface area (Å²) < 4.78 is 23.6. The number of benzene rings is 2. The van der Waals surface area contributed by atoms with Gasteiger partial charge < -0.3 is 4.90 Å². The molecule has 4 rings (SSSR count). The zero-order valence-electron chi connectivity index (χ0n) is 11.4. The molecule has 1 amide bonds. The lowest BCUT2D eigenvalue weighted by Crippen LogP contribution is -2.44. The van der Waals surface area contributed by atoms with Gasteiger partial charge in [0, 0.05) is 18.2 Å². The van der Waals surface area contributed by atoms with Crippen LogP contribution in [0.25, 0.3) is 10.8 Å². The van der Waals surface area contributed by atoms with E-state index in [2.05, 4.69) is 0 Å². The smallest absolute Gasteiger partial charge is 0.254 e. The largest absolute Gasteiger partial charge is 0.333 e. The summed E-state index contributed by atoms with van der Waals surface area (Å²) in [6.45, 7) is 0.342. The number of nitrogens with zero attached hydrogens (tertiary/aromatic N) is 1. The Morgan fingerprint density at radius 2 is 1.86 bits per heavy atom. The first kappa shape index (κ1) is 12.8. The highest BCUT2D eigenvalue weighted by Crippen LogP contribution is 2.34. The molecule has 2 fully saturated rings. The molecule has 0 aromatic heterocycles. The highest BCUT2D eigenvalue weighted by atomic mass is 32.2. The van der Waals surface area contributed by atoms with Crippen LogP contribution >= 0.6 is 0 Å². The number of sulfone groups is 1. The van der Waals surface area contributed by atoms with Gasteiger partial charge in [-0.05, 0) is 23.3 Å². The standard InChI is InChI=1S/C16H15NO3S/c18-16(17-9-13-8-12(17)10-21(13,19)20)15-7-3-5-11-4-1-2-6-14(11)15/h1-7,12-13H,8-10H2/t12-,13+/m0/s1. The van der Waals surface area contributed by atoms with Crippen LogP contribution in [-0.2, 0) is 9.84 Å². The lowest BCUT2D eigenvalue weighted by Gasteiger charge is -2.27. The van der Waals surface area contributed by atoms with E-state index in [9.17, 15) is 13.2 Å². The number of amides is 1. The van der Waals surface area contributed by atoms with Crippen LogP contribution in [0.3, 0.4) is 0 Å².